The molecule has 0 aromatic heterocycles. The highest BCUT2D eigenvalue weighted by Gasteiger charge is 2.40. The second kappa shape index (κ2) is 4.43. The summed E-state index contributed by atoms with van der Waals surface area (Å²) in [6.07, 6.45) is 6.16. The maximum absolute atomic E-state index is 10.8. The van der Waals surface area contributed by atoms with Gasteiger partial charge in [-0.05, 0) is 30.7 Å². The highest BCUT2D eigenvalue weighted by Crippen LogP contribution is 2.39. The van der Waals surface area contributed by atoms with Gasteiger partial charge in [-0.3, -0.25) is 0 Å². The number of aliphatic hydroxyl groups is 1. The maximum atomic E-state index is 10.8. The Morgan fingerprint density at radius 1 is 1.12 bits per heavy atom. The topological polar surface area (TPSA) is 32.3 Å². The number of hydrogen-bond donors (Lipinski definition) is 2. The van der Waals surface area contributed by atoms with Gasteiger partial charge >= 0.3 is 0 Å². The minimum absolute atomic E-state index is 0.646. The van der Waals surface area contributed by atoms with E-state index in [4.69, 9.17) is 0 Å². The van der Waals surface area contributed by atoms with Crippen LogP contribution in [0.3, 0.4) is 0 Å². The molecule has 1 heterocycles. The monoisotopic (exact) mass is 231 g/mol. The van der Waals surface area contributed by atoms with Gasteiger partial charge in [-0.1, -0.05) is 43.2 Å². The minimum atomic E-state index is -0.653. The quantitative estimate of drug-likeness (QED) is 0.778. The van der Waals surface area contributed by atoms with Gasteiger partial charge in [0.25, 0.3) is 0 Å². The zero-order chi connectivity index (χ0) is 11.7. The first kappa shape index (κ1) is 11.2. The summed E-state index contributed by atoms with van der Waals surface area (Å²) in [5.41, 5.74) is 0.413. The van der Waals surface area contributed by atoms with Crippen LogP contribution in [0.2, 0.25) is 0 Å². The number of hydrogen-bond acceptors (Lipinski definition) is 2. The second-order valence-corrected chi connectivity index (χ2v) is 5.63. The molecule has 1 saturated heterocycles. The molecule has 0 bridgehead atoms. The van der Waals surface area contributed by atoms with Crippen LogP contribution < -0.4 is 5.32 Å². The molecular weight excluding hydrogens is 210 g/mol. The Morgan fingerprint density at radius 3 is 2.71 bits per heavy atom. The molecule has 2 fully saturated rings. The van der Waals surface area contributed by atoms with E-state index in [1.165, 1.54) is 25.7 Å². The molecule has 2 nitrogen and oxygen atoms in total. The van der Waals surface area contributed by atoms with Gasteiger partial charge in [0.05, 0.1) is 0 Å². The molecular formula is C15H21NO. The summed E-state index contributed by atoms with van der Waals surface area (Å²) in [5.74, 6) is 0.655. The van der Waals surface area contributed by atoms with Crippen molar-refractivity contribution in [3.8, 4) is 0 Å². The zero-order valence-corrected chi connectivity index (χ0v) is 10.2. The molecule has 1 aromatic carbocycles. The first-order chi connectivity index (χ1) is 8.28. The third kappa shape index (κ3) is 2.12. The molecule has 3 rings (SSSR count). The molecule has 2 aliphatic rings. The Labute approximate surface area is 103 Å². The van der Waals surface area contributed by atoms with Gasteiger partial charge in [-0.15, -0.1) is 0 Å². The van der Waals surface area contributed by atoms with Crippen molar-refractivity contribution in [1.29, 1.82) is 0 Å². The molecule has 1 aliphatic heterocycles. The first-order valence-corrected chi connectivity index (χ1v) is 6.79. The summed E-state index contributed by atoms with van der Waals surface area (Å²) in [5, 5.41) is 14.4. The third-order valence-electron chi connectivity index (χ3n) is 4.48. The fraction of sp³-hybridized carbons (Fsp3) is 0.600. The van der Waals surface area contributed by atoms with Crippen LogP contribution >= 0.6 is 0 Å². The highest BCUT2D eigenvalue weighted by atomic mass is 16.3. The van der Waals surface area contributed by atoms with Crippen molar-refractivity contribution in [3.05, 3.63) is 35.9 Å². The lowest BCUT2D eigenvalue weighted by atomic mass is 9.72. The Hall–Kier alpha value is -0.860. The fourth-order valence-corrected chi connectivity index (χ4v) is 3.49. The molecule has 1 saturated carbocycles. The zero-order valence-electron chi connectivity index (χ0n) is 10.2. The van der Waals surface area contributed by atoms with Crippen LogP contribution in [-0.4, -0.2) is 17.7 Å². The van der Waals surface area contributed by atoms with E-state index in [0.717, 1.165) is 12.0 Å². The van der Waals surface area contributed by atoms with Gasteiger partial charge in [0.1, 0.15) is 5.60 Å². The molecule has 2 N–H and O–H groups in total. The molecule has 2 heteroatoms. The van der Waals surface area contributed by atoms with E-state index in [1.807, 2.05) is 30.3 Å². The SMILES string of the molecule is OC1(c2ccccc2)CNC2CCCCC2C1. The van der Waals surface area contributed by atoms with E-state index in [-0.39, 0.29) is 0 Å². The lowest BCUT2D eigenvalue weighted by Gasteiger charge is -2.44. The van der Waals surface area contributed by atoms with E-state index in [1.54, 1.807) is 0 Å². The van der Waals surface area contributed by atoms with Crippen molar-refractivity contribution in [1.82, 2.24) is 5.32 Å². The highest BCUT2D eigenvalue weighted by molar-refractivity contribution is 5.24. The van der Waals surface area contributed by atoms with E-state index in [9.17, 15) is 5.11 Å². The van der Waals surface area contributed by atoms with Gasteiger partial charge < -0.3 is 10.4 Å². The summed E-state index contributed by atoms with van der Waals surface area (Å²) in [6, 6.07) is 10.8. The standard InChI is InChI=1S/C15H21NO/c17-15(13-7-2-1-3-8-13)10-12-6-4-5-9-14(12)16-11-15/h1-3,7-8,12,14,16-17H,4-6,9-11H2. The summed E-state index contributed by atoms with van der Waals surface area (Å²) < 4.78 is 0. The molecule has 0 amide bonds. The van der Waals surface area contributed by atoms with Crippen LogP contribution in [0.15, 0.2) is 30.3 Å². The molecule has 92 valence electrons. The Kier molecular flexibility index (Phi) is 2.93. The molecule has 17 heavy (non-hydrogen) atoms. The molecule has 0 spiro atoms. The van der Waals surface area contributed by atoms with Gasteiger partial charge in [0.15, 0.2) is 0 Å². The van der Waals surface area contributed by atoms with Gasteiger partial charge in [0.2, 0.25) is 0 Å². The van der Waals surface area contributed by atoms with Crippen molar-refractivity contribution in [3.63, 3.8) is 0 Å². The second-order valence-electron chi connectivity index (χ2n) is 5.63. The van der Waals surface area contributed by atoms with Crippen molar-refractivity contribution >= 4 is 0 Å². The van der Waals surface area contributed by atoms with Crippen molar-refractivity contribution in [2.45, 2.75) is 43.7 Å². The number of piperidine rings is 1. The maximum Gasteiger partial charge on any atom is 0.102 e. The van der Waals surface area contributed by atoms with Crippen LogP contribution in [0.25, 0.3) is 0 Å². The van der Waals surface area contributed by atoms with Crippen molar-refractivity contribution in [2.75, 3.05) is 6.54 Å². The summed E-state index contributed by atoms with van der Waals surface area (Å²) in [4.78, 5) is 0. The van der Waals surface area contributed by atoms with Crippen molar-refractivity contribution < 1.29 is 5.11 Å². The molecule has 0 radical (unpaired) electrons. The third-order valence-corrected chi connectivity index (χ3v) is 4.48. The summed E-state index contributed by atoms with van der Waals surface area (Å²) in [7, 11) is 0. The van der Waals surface area contributed by atoms with E-state index >= 15 is 0 Å². The van der Waals surface area contributed by atoms with Gasteiger partial charge in [0, 0.05) is 12.6 Å². The predicted octanol–water partition coefficient (Wildman–Crippen LogP) is 2.43. The minimum Gasteiger partial charge on any atom is -0.384 e. The number of β-amino-alcohol motifs (C(OH)–C–C–N with tert-alkyl or cyclic N) is 1. The van der Waals surface area contributed by atoms with Crippen molar-refractivity contribution in [2.24, 2.45) is 5.92 Å². The van der Waals surface area contributed by atoms with Crippen LogP contribution in [0.5, 0.6) is 0 Å². The Bertz CT molecular complexity index is 378. The van der Waals surface area contributed by atoms with Crippen LogP contribution in [0.1, 0.15) is 37.7 Å². The normalized spacial score (nSPS) is 37.5. The average molecular weight is 231 g/mol. The molecule has 3 atom stereocenters. The predicted molar refractivity (Wildman–Crippen MR) is 68.7 cm³/mol. The lowest BCUT2D eigenvalue weighted by Crippen LogP contribution is -2.54. The van der Waals surface area contributed by atoms with E-state index in [2.05, 4.69) is 5.32 Å². The largest absolute Gasteiger partial charge is 0.384 e. The average Bonchev–Trinajstić information content (AvgIpc) is 2.40. The van der Waals surface area contributed by atoms with Gasteiger partial charge in [-0.2, -0.15) is 0 Å². The number of rotatable bonds is 1. The number of fused-ring (bicyclic) bond motifs is 1. The van der Waals surface area contributed by atoms with E-state index in [0.29, 0.717) is 18.5 Å². The first-order valence-electron chi connectivity index (χ1n) is 6.79. The molecule has 1 aromatic rings. The molecule has 1 aliphatic carbocycles. The smallest absolute Gasteiger partial charge is 0.102 e. The van der Waals surface area contributed by atoms with Gasteiger partial charge in [-0.25, -0.2) is 0 Å². The number of benzene rings is 1. The Morgan fingerprint density at radius 2 is 1.88 bits per heavy atom. The van der Waals surface area contributed by atoms with E-state index < -0.39 is 5.60 Å². The van der Waals surface area contributed by atoms with Crippen LogP contribution in [0, 0.1) is 5.92 Å². The summed E-state index contributed by atoms with van der Waals surface area (Å²) in [6.45, 7) is 0.707. The fourth-order valence-electron chi connectivity index (χ4n) is 3.49. The number of nitrogens with one attached hydrogen (secondary N) is 1. The van der Waals surface area contributed by atoms with Crippen LogP contribution in [0.4, 0.5) is 0 Å². The molecule has 3 unspecified atom stereocenters. The lowest BCUT2D eigenvalue weighted by molar-refractivity contribution is -0.0308. The Balaban J connectivity index is 1.80. The summed E-state index contributed by atoms with van der Waals surface area (Å²) >= 11 is 0. The van der Waals surface area contributed by atoms with Crippen LogP contribution in [-0.2, 0) is 5.60 Å².